The summed E-state index contributed by atoms with van der Waals surface area (Å²) in [6.07, 6.45) is 5.09. The molecule has 4 rings (SSSR count). The van der Waals surface area contributed by atoms with Crippen molar-refractivity contribution < 1.29 is 0 Å². The number of hydrogen-bond acceptors (Lipinski definition) is 4. The highest BCUT2D eigenvalue weighted by Gasteiger charge is 2.23. The van der Waals surface area contributed by atoms with Gasteiger partial charge in [-0.25, -0.2) is 4.99 Å². The molecule has 0 bridgehead atoms. The minimum absolute atomic E-state index is 0. The fraction of sp³-hybridized carbons (Fsp3) is 0.591. The topological polar surface area (TPSA) is 61.6 Å². The van der Waals surface area contributed by atoms with Crippen LogP contribution in [0.4, 0.5) is 0 Å². The second-order valence-corrected chi connectivity index (χ2v) is 8.81. The van der Waals surface area contributed by atoms with Gasteiger partial charge in [0.1, 0.15) is 12.4 Å². The van der Waals surface area contributed by atoms with E-state index in [1.807, 2.05) is 30.7 Å². The number of benzene rings is 1. The van der Waals surface area contributed by atoms with E-state index >= 15 is 0 Å². The molecular formula is C22H33ClIN7. The number of piperazine rings is 1. The van der Waals surface area contributed by atoms with Crippen LogP contribution >= 0.6 is 35.6 Å². The molecule has 31 heavy (non-hydrogen) atoms. The SMILES string of the molecule is Cc1nnc(CN=C(NC2CCCC2)N2CCN(Cc3ccc(Cl)cc3)CC2)n1C.I. The largest absolute Gasteiger partial charge is 0.353 e. The molecule has 9 heteroatoms. The van der Waals surface area contributed by atoms with Crippen molar-refractivity contribution in [2.75, 3.05) is 26.2 Å². The van der Waals surface area contributed by atoms with Crippen molar-refractivity contribution in [2.24, 2.45) is 12.0 Å². The number of nitrogens with zero attached hydrogens (tertiary/aromatic N) is 6. The van der Waals surface area contributed by atoms with Crippen molar-refractivity contribution in [3.63, 3.8) is 0 Å². The molecule has 1 aliphatic heterocycles. The molecule has 7 nitrogen and oxygen atoms in total. The first-order chi connectivity index (χ1) is 14.6. The first-order valence-electron chi connectivity index (χ1n) is 11.0. The Morgan fingerprint density at radius 3 is 2.39 bits per heavy atom. The Morgan fingerprint density at radius 1 is 1.10 bits per heavy atom. The number of aliphatic imine (C=N–C) groups is 1. The highest BCUT2D eigenvalue weighted by Crippen LogP contribution is 2.19. The van der Waals surface area contributed by atoms with Crippen molar-refractivity contribution in [1.29, 1.82) is 0 Å². The standard InChI is InChI=1S/C22H32ClN7.HI/c1-17-26-27-21(28(17)2)15-24-22(25-20-5-3-4-6-20)30-13-11-29(12-14-30)16-18-7-9-19(23)10-8-18;/h7-10,20H,3-6,11-16H2,1-2H3,(H,24,25);1H. The zero-order valence-electron chi connectivity index (χ0n) is 18.4. The van der Waals surface area contributed by atoms with E-state index in [1.54, 1.807) is 0 Å². The molecule has 0 radical (unpaired) electrons. The number of halogens is 2. The molecule has 1 aromatic carbocycles. The Hall–Kier alpha value is -1.39. The number of aryl methyl sites for hydroxylation is 1. The number of hydrogen-bond donors (Lipinski definition) is 1. The highest BCUT2D eigenvalue weighted by atomic mass is 127. The van der Waals surface area contributed by atoms with E-state index in [4.69, 9.17) is 16.6 Å². The molecule has 1 saturated heterocycles. The smallest absolute Gasteiger partial charge is 0.194 e. The second-order valence-electron chi connectivity index (χ2n) is 8.38. The molecule has 0 amide bonds. The summed E-state index contributed by atoms with van der Waals surface area (Å²) in [5.74, 6) is 2.84. The fourth-order valence-electron chi connectivity index (χ4n) is 4.19. The van der Waals surface area contributed by atoms with Crippen molar-refractivity contribution in [1.82, 2.24) is 29.9 Å². The first-order valence-corrected chi connectivity index (χ1v) is 11.3. The van der Waals surface area contributed by atoms with Gasteiger partial charge in [-0.05, 0) is 37.5 Å². The van der Waals surface area contributed by atoms with E-state index in [9.17, 15) is 0 Å². The Bertz CT molecular complexity index is 853. The molecule has 0 atom stereocenters. The Balaban J connectivity index is 0.00000272. The first kappa shape index (κ1) is 24.3. The molecule has 0 unspecified atom stereocenters. The summed E-state index contributed by atoms with van der Waals surface area (Å²) in [4.78, 5) is 9.85. The second kappa shape index (κ2) is 11.5. The molecule has 1 saturated carbocycles. The monoisotopic (exact) mass is 557 g/mol. The number of guanidine groups is 1. The normalized spacial score (nSPS) is 18.3. The van der Waals surface area contributed by atoms with Crippen molar-refractivity contribution in [3.8, 4) is 0 Å². The molecule has 2 aromatic rings. The lowest BCUT2D eigenvalue weighted by atomic mass is 10.2. The van der Waals surface area contributed by atoms with E-state index < -0.39 is 0 Å². The van der Waals surface area contributed by atoms with Crippen LogP contribution in [0.2, 0.25) is 5.02 Å². The van der Waals surface area contributed by atoms with Crippen LogP contribution in [0.25, 0.3) is 0 Å². The lowest BCUT2D eigenvalue weighted by Gasteiger charge is -2.37. The van der Waals surface area contributed by atoms with Gasteiger partial charge < -0.3 is 14.8 Å². The highest BCUT2D eigenvalue weighted by molar-refractivity contribution is 14.0. The summed E-state index contributed by atoms with van der Waals surface area (Å²) in [6.45, 7) is 7.49. The Morgan fingerprint density at radius 2 is 1.77 bits per heavy atom. The van der Waals surface area contributed by atoms with Crippen LogP contribution in [0, 0.1) is 6.92 Å². The van der Waals surface area contributed by atoms with Gasteiger partial charge in [0.2, 0.25) is 0 Å². The van der Waals surface area contributed by atoms with Gasteiger partial charge in [-0.3, -0.25) is 4.90 Å². The molecule has 2 fully saturated rings. The summed E-state index contributed by atoms with van der Waals surface area (Å²) in [6, 6.07) is 8.71. The molecule has 2 aliphatic rings. The molecular weight excluding hydrogens is 525 g/mol. The Labute approximate surface area is 207 Å². The minimum Gasteiger partial charge on any atom is -0.353 e. The summed E-state index contributed by atoms with van der Waals surface area (Å²) in [5, 5.41) is 13.0. The molecule has 1 aromatic heterocycles. The van der Waals surface area contributed by atoms with Crippen LogP contribution in [0.3, 0.4) is 0 Å². The van der Waals surface area contributed by atoms with Gasteiger partial charge in [0.05, 0.1) is 0 Å². The number of rotatable bonds is 5. The third-order valence-corrected chi connectivity index (χ3v) is 6.48. The van der Waals surface area contributed by atoms with E-state index in [2.05, 4.69) is 37.4 Å². The lowest BCUT2D eigenvalue weighted by molar-refractivity contribution is 0.171. The number of aromatic nitrogens is 3. The summed E-state index contributed by atoms with van der Waals surface area (Å²) in [5.41, 5.74) is 1.31. The predicted molar refractivity (Wildman–Crippen MR) is 136 cm³/mol. The van der Waals surface area contributed by atoms with Crippen LogP contribution < -0.4 is 5.32 Å². The third-order valence-electron chi connectivity index (χ3n) is 6.23. The summed E-state index contributed by atoms with van der Waals surface area (Å²) < 4.78 is 2.01. The molecule has 0 spiro atoms. The molecule has 2 heterocycles. The van der Waals surface area contributed by atoms with Crippen LogP contribution in [-0.4, -0.2) is 62.7 Å². The van der Waals surface area contributed by atoms with E-state index in [0.29, 0.717) is 12.6 Å². The van der Waals surface area contributed by atoms with Crippen molar-refractivity contribution in [3.05, 3.63) is 46.5 Å². The van der Waals surface area contributed by atoms with Gasteiger partial charge in [0, 0.05) is 50.8 Å². The minimum atomic E-state index is 0. The van der Waals surface area contributed by atoms with E-state index in [0.717, 1.165) is 55.4 Å². The summed E-state index contributed by atoms with van der Waals surface area (Å²) >= 11 is 6.01. The van der Waals surface area contributed by atoms with Gasteiger partial charge in [-0.2, -0.15) is 0 Å². The molecule has 170 valence electrons. The fourth-order valence-corrected chi connectivity index (χ4v) is 4.32. The maximum atomic E-state index is 6.01. The molecule has 1 N–H and O–H groups in total. The predicted octanol–water partition coefficient (Wildman–Crippen LogP) is 3.60. The number of nitrogens with one attached hydrogen (secondary N) is 1. The third kappa shape index (κ3) is 6.55. The van der Waals surface area contributed by atoms with Crippen molar-refractivity contribution >= 4 is 41.5 Å². The quantitative estimate of drug-likeness (QED) is 0.346. The lowest BCUT2D eigenvalue weighted by Crippen LogP contribution is -2.53. The van der Waals surface area contributed by atoms with Crippen LogP contribution in [0.15, 0.2) is 29.3 Å². The van der Waals surface area contributed by atoms with Gasteiger partial charge in [0.25, 0.3) is 0 Å². The summed E-state index contributed by atoms with van der Waals surface area (Å²) in [7, 11) is 2.00. The Kier molecular flexibility index (Phi) is 8.97. The van der Waals surface area contributed by atoms with Crippen LogP contribution in [0.5, 0.6) is 0 Å². The maximum absolute atomic E-state index is 6.01. The average Bonchev–Trinajstić information content (AvgIpc) is 3.38. The van der Waals surface area contributed by atoms with E-state index in [1.165, 1.54) is 31.2 Å². The van der Waals surface area contributed by atoms with Gasteiger partial charge >= 0.3 is 0 Å². The molecule has 1 aliphatic carbocycles. The van der Waals surface area contributed by atoms with Crippen molar-refractivity contribution in [2.45, 2.75) is 51.7 Å². The zero-order chi connectivity index (χ0) is 20.9. The average molecular weight is 558 g/mol. The van der Waals surface area contributed by atoms with Gasteiger partial charge in [0.15, 0.2) is 11.8 Å². The van der Waals surface area contributed by atoms with Crippen LogP contribution in [0.1, 0.15) is 42.9 Å². The zero-order valence-corrected chi connectivity index (χ0v) is 21.5. The maximum Gasteiger partial charge on any atom is 0.194 e. The van der Waals surface area contributed by atoms with Gasteiger partial charge in [-0.1, -0.05) is 36.6 Å². The van der Waals surface area contributed by atoms with E-state index in [-0.39, 0.29) is 24.0 Å². The van der Waals surface area contributed by atoms with Gasteiger partial charge in [-0.15, -0.1) is 34.2 Å². The van der Waals surface area contributed by atoms with Crippen LogP contribution in [-0.2, 0) is 20.1 Å².